The first kappa shape index (κ1) is 15.0. The van der Waals surface area contributed by atoms with Crippen LogP contribution in [-0.2, 0) is 22.4 Å². The number of hydrogen-bond donors (Lipinski definition) is 0. The molecule has 0 bridgehead atoms. The standard InChI is InChI=1S/C5H13F3O5Si2/c1-9-15(10-2,13-12-14)11-3-4(6)5(7)8/h4-5H,3H2,1-2,14H3. The molecule has 1 unspecified atom stereocenters. The summed E-state index contributed by atoms with van der Waals surface area (Å²) in [6.07, 6.45) is -5.54. The molecule has 15 heavy (non-hydrogen) atoms. The first-order valence-electron chi connectivity index (χ1n) is 3.89. The minimum absolute atomic E-state index is 0.210. The minimum Gasteiger partial charge on any atom is -0.353 e. The summed E-state index contributed by atoms with van der Waals surface area (Å²) < 4.78 is 59.3. The number of rotatable bonds is 8. The summed E-state index contributed by atoms with van der Waals surface area (Å²) in [5.74, 6) is 0. The Morgan fingerprint density at radius 2 is 1.73 bits per heavy atom. The molecule has 0 aromatic rings. The average molecular weight is 266 g/mol. The smallest absolute Gasteiger partial charge is 0.353 e. The van der Waals surface area contributed by atoms with E-state index in [1.165, 1.54) is 14.2 Å². The van der Waals surface area contributed by atoms with Gasteiger partial charge >= 0.3 is 9.05 Å². The normalized spacial score (nSPS) is 14.8. The van der Waals surface area contributed by atoms with E-state index in [4.69, 9.17) is 13.3 Å². The largest absolute Gasteiger partial charge is 0.706 e. The molecule has 10 heteroatoms. The van der Waals surface area contributed by atoms with Crippen LogP contribution in [0.5, 0.6) is 0 Å². The maximum Gasteiger partial charge on any atom is 0.706 e. The van der Waals surface area contributed by atoms with E-state index in [9.17, 15) is 13.2 Å². The third kappa shape index (κ3) is 5.06. The Labute approximate surface area is 89.4 Å². The van der Waals surface area contributed by atoms with Crippen molar-refractivity contribution in [1.82, 2.24) is 0 Å². The van der Waals surface area contributed by atoms with Gasteiger partial charge in [-0.15, -0.1) is 0 Å². The van der Waals surface area contributed by atoms with Crippen molar-refractivity contribution in [1.29, 1.82) is 0 Å². The van der Waals surface area contributed by atoms with E-state index in [0.29, 0.717) is 0 Å². The molecule has 0 aromatic heterocycles. The summed E-state index contributed by atoms with van der Waals surface area (Å²) in [7, 11) is -1.03. The minimum atomic E-state index is -3.61. The summed E-state index contributed by atoms with van der Waals surface area (Å²) >= 11 is 0. The summed E-state index contributed by atoms with van der Waals surface area (Å²) in [6.45, 7) is -0.878. The average Bonchev–Trinajstić information content (AvgIpc) is 2.23. The first-order chi connectivity index (χ1) is 7.01. The van der Waals surface area contributed by atoms with Crippen LogP contribution in [-0.4, -0.2) is 53.0 Å². The van der Waals surface area contributed by atoms with E-state index in [0.717, 1.165) is 0 Å². The van der Waals surface area contributed by atoms with Crippen LogP contribution in [0.25, 0.3) is 0 Å². The molecule has 0 heterocycles. The lowest BCUT2D eigenvalue weighted by Gasteiger charge is -2.23. The van der Waals surface area contributed by atoms with E-state index < -0.39 is 28.3 Å². The van der Waals surface area contributed by atoms with Gasteiger partial charge in [0.1, 0.15) is 0 Å². The molecule has 0 N–H and O–H groups in total. The summed E-state index contributed by atoms with van der Waals surface area (Å²) in [5, 5.41) is 0. The van der Waals surface area contributed by atoms with Crippen molar-refractivity contribution in [3.8, 4) is 0 Å². The van der Waals surface area contributed by atoms with Gasteiger partial charge in [-0.2, -0.15) is 0 Å². The zero-order valence-corrected chi connectivity index (χ0v) is 11.5. The zero-order valence-electron chi connectivity index (χ0n) is 8.54. The zero-order chi connectivity index (χ0) is 11.9. The van der Waals surface area contributed by atoms with Crippen LogP contribution >= 0.6 is 0 Å². The molecule has 0 radical (unpaired) electrons. The molecule has 0 aliphatic heterocycles. The fourth-order valence-corrected chi connectivity index (χ4v) is 2.42. The van der Waals surface area contributed by atoms with Crippen molar-refractivity contribution >= 4 is 19.5 Å². The van der Waals surface area contributed by atoms with Crippen LogP contribution in [0.4, 0.5) is 13.2 Å². The lowest BCUT2D eigenvalue weighted by atomic mass is 10.4. The molecular weight excluding hydrogens is 253 g/mol. The van der Waals surface area contributed by atoms with E-state index >= 15 is 0 Å². The molecule has 92 valence electrons. The quantitative estimate of drug-likeness (QED) is 0.339. The van der Waals surface area contributed by atoms with Crippen LogP contribution in [0.15, 0.2) is 0 Å². The Morgan fingerprint density at radius 3 is 2.07 bits per heavy atom. The topological polar surface area (TPSA) is 46.2 Å². The second-order valence-electron chi connectivity index (χ2n) is 2.32. The Bertz CT molecular complexity index is 171. The fraction of sp³-hybridized carbons (Fsp3) is 1.00. The molecule has 0 aliphatic rings. The van der Waals surface area contributed by atoms with Gasteiger partial charge in [0.2, 0.25) is 0 Å². The Balaban J connectivity index is 4.16. The van der Waals surface area contributed by atoms with Crippen LogP contribution < -0.4 is 0 Å². The van der Waals surface area contributed by atoms with E-state index in [-0.39, 0.29) is 10.5 Å². The SMILES string of the molecule is CO[Si](OC)(OCC(F)C(F)F)OO[SiH3]. The number of hydrogen-bond acceptors (Lipinski definition) is 5. The first-order valence-corrected chi connectivity index (χ1v) is 6.34. The van der Waals surface area contributed by atoms with Gasteiger partial charge < -0.3 is 17.9 Å². The molecular formula is C5H13F3O5Si2. The fourth-order valence-electron chi connectivity index (χ4n) is 0.650. The molecule has 0 amide bonds. The molecule has 0 saturated heterocycles. The van der Waals surface area contributed by atoms with Crippen LogP contribution in [0.2, 0.25) is 0 Å². The Morgan fingerprint density at radius 1 is 1.20 bits per heavy atom. The molecule has 0 spiro atoms. The molecule has 0 aliphatic carbocycles. The Kier molecular flexibility index (Phi) is 7.33. The van der Waals surface area contributed by atoms with Crippen LogP contribution in [0.3, 0.4) is 0 Å². The summed E-state index contributed by atoms with van der Waals surface area (Å²) in [5.41, 5.74) is 0. The third-order valence-corrected chi connectivity index (χ3v) is 3.77. The molecule has 0 aromatic carbocycles. The number of alkyl halides is 3. The van der Waals surface area contributed by atoms with Gasteiger partial charge in [0.15, 0.2) is 16.7 Å². The van der Waals surface area contributed by atoms with Gasteiger partial charge in [-0.3, -0.25) is 0 Å². The Hall–Kier alpha value is 0.0238. The van der Waals surface area contributed by atoms with Gasteiger partial charge in [0.25, 0.3) is 6.43 Å². The van der Waals surface area contributed by atoms with Crippen molar-refractivity contribution in [2.75, 3.05) is 20.8 Å². The van der Waals surface area contributed by atoms with Gasteiger partial charge in [-0.25, -0.2) is 17.7 Å². The van der Waals surface area contributed by atoms with Crippen molar-refractivity contribution in [2.45, 2.75) is 12.6 Å². The lowest BCUT2D eigenvalue weighted by Crippen LogP contribution is -2.48. The summed E-state index contributed by atoms with van der Waals surface area (Å²) in [6, 6.07) is 0. The van der Waals surface area contributed by atoms with Crippen molar-refractivity contribution in [3.63, 3.8) is 0 Å². The van der Waals surface area contributed by atoms with E-state index in [2.05, 4.69) is 9.15 Å². The maximum atomic E-state index is 12.5. The van der Waals surface area contributed by atoms with Gasteiger partial charge in [-0.05, 0) is 0 Å². The van der Waals surface area contributed by atoms with Crippen molar-refractivity contribution in [3.05, 3.63) is 0 Å². The van der Waals surface area contributed by atoms with E-state index in [1.807, 2.05) is 0 Å². The third-order valence-electron chi connectivity index (χ3n) is 1.38. The number of halogens is 3. The second-order valence-corrected chi connectivity index (χ2v) is 4.92. The predicted octanol–water partition coefficient (Wildman–Crippen LogP) is -0.437. The van der Waals surface area contributed by atoms with Crippen molar-refractivity contribution in [2.24, 2.45) is 0 Å². The van der Waals surface area contributed by atoms with Gasteiger partial charge in [0.05, 0.1) is 6.61 Å². The molecule has 1 atom stereocenters. The highest BCUT2D eigenvalue weighted by Gasteiger charge is 2.46. The predicted molar refractivity (Wildman–Crippen MR) is 48.7 cm³/mol. The highest BCUT2D eigenvalue weighted by Crippen LogP contribution is 2.13. The highest BCUT2D eigenvalue weighted by atomic mass is 28.4. The molecule has 0 fully saturated rings. The molecule has 0 saturated carbocycles. The van der Waals surface area contributed by atoms with Crippen molar-refractivity contribution < 1.29 is 35.6 Å². The molecule has 5 nitrogen and oxygen atoms in total. The summed E-state index contributed by atoms with van der Waals surface area (Å²) in [4.78, 5) is 0. The van der Waals surface area contributed by atoms with Gasteiger partial charge in [-0.1, -0.05) is 0 Å². The monoisotopic (exact) mass is 266 g/mol. The molecule has 0 rings (SSSR count). The second kappa shape index (κ2) is 7.32. The highest BCUT2D eigenvalue weighted by molar-refractivity contribution is 6.53. The van der Waals surface area contributed by atoms with Gasteiger partial charge in [0, 0.05) is 14.2 Å². The van der Waals surface area contributed by atoms with E-state index in [1.54, 1.807) is 0 Å². The maximum absolute atomic E-state index is 12.5. The van der Waals surface area contributed by atoms with Crippen LogP contribution in [0, 0.1) is 0 Å². The van der Waals surface area contributed by atoms with Crippen LogP contribution in [0.1, 0.15) is 0 Å². The lowest BCUT2D eigenvalue weighted by molar-refractivity contribution is -0.194.